The zero-order valence-corrected chi connectivity index (χ0v) is 16.3. The Balaban J connectivity index is 1.89. The maximum atomic E-state index is 5.37. The maximum absolute atomic E-state index is 5.37. The minimum atomic E-state index is 0.613. The van der Waals surface area contributed by atoms with Gasteiger partial charge in [0, 0.05) is 38.4 Å². The van der Waals surface area contributed by atoms with Crippen LogP contribution in [0.4, 0.5) is 0 Å². The lowest BCUT2D eigenvalue weighted by Crippen LogP contribution is -2.37. The van der Waals surface area contributed by atoms with Gasteiger partial charge in [-0.2, -0.15) is 0 Å². The van der Waals surface area contributed by atoms with Gasteiger partial charge in [-0.05, 0) is 45.8 Å². The van der Waals surface area contributed by atoms with Gasteiger partial charge in [0.15, 0.2) is 17.5 Å². The Morgan fingerprint density at radius 1 is 1.20 bits per heavy atom. The summed E-state index contributed by atoms with van der Waals surface area (Å²) >= 11 is 3.51. The number of rotatable bonds is 7. The summed E-state index contributed by atoms with van der Waals surface area (Å²) in [6.45, 7) is 1.37. The van der Waals surface area contributed by atoms with E-state index in [9.17, 15) is 0 Å². The van der Waals surface area contributed by atoms with Gasteiger partial charge in [-0.1, -0.05) is 6.07 Å². The van der Waals surface area contributed by atoms with Crippen molar-refractivity contribution in [2.24, 2.45) is 4.99 Å². The van der Waals surface area contributed by atoms with Gasteiger partial charge < -0.3 is 20.1 Å². The molecule has 0 aliphatic carbocycles. The van der Waals surface area contributed by atoms with Crippen LogP contribution in [0.1, 0.15) is 11.3 Å². The standard InChI is InChI=1S/C18H23BrN4O2/c1-20-18(22-9-7-14-6-4-5-8-21-14)23-12-13-10-15(19)17(25-3)16(11-13)24-2/h4-6,8,10-11H,7,9,12H2,1-3H3,(H2,20,22,23). The average molecular weight is 407 g/mol. The minimum Gasteiger partial charge on any atom is -0.493 e. The first-order valence-electron chi connectivity index (χ1n) is 7.92. The van der Waals surface area contributed by atoms with Crippen LogP contribution in [0.3, 0.4) is 0 Å². The fraction of sp³-hybridized carbons (Fsp3) is 0.333. The largest absolute Gasteiger partial charge is 0.493 e. The summed E-state index contributed by atoms with van der Waals surface area (Å²) in [5.74, 6) is 2.11. The Labute approximate surface area is 156 Å². The quantitative estimate of drug-likeness (QED) is 0.546. The summed E-state index contributed by atoms with van der Waals surface area (Å²) in [4.78, 5) is 8.55. The van der Waals surface area contributed by atoms with Crippen molar-refractivity contribution in [2.75, 3.05) is 27.8 Å². The van der Waals surface area contributed by atoms with E-state index in [2.05, 4.69) is 36.5 Å². The number of hydrogen-bond acceptors (Lipinski definition) is 4. The molecule has 25 heavy (non-hydrogen) atoms. The second kappa shape index (κ2) is 9.88. The third-order valence-corrected chi connectivity index (χ3v) is 4.17. The number of aromatic nitrogens is 1. The topological polar surface area (TPSA) is 67.8 Å². The smallest absolute Gasteiger partial charge is 0.191 e. The fourth-order valence-corrected chi connectivity index (χ4v) is 2.99. The van der Waals surface area contributed by atoms with Crippen molar-refractivity contribution in [3.8, 4) is 11.5 Å². The van der Waals surface area contributed by atoms with E-state index in [-0.39, 0.29) is 0 Å². The molecule has 0 fully saturated rings. The number of nitrogens with zero attached hydrogens (tertiary/aromatic N) is 2. The zero-order valence-electron chi connectivity index (χ0n) is 14.7. The first-order valence-corrected chi connectivity index (χ1v) is 8.72. The van der Waals surface area contributed by atoms with E-state index in [1.807, 2.05) is 30.3 Å². The Hall–Kier alpha value is -2.28. The number of nitrogens with one attached hydrogen (secondary N) is 2. The van der Waals surface area contributed by atoms with Crippen LogP contribution in [0, 0.1) is 0 Å². The third kappa shape index (κ3) is 5.63. The van der Waals surface area contributed by atoms with Crippen molar-refractivity contribution in [1.29, 1.82) is 0 Å². The molecule has 0 aliphatic heterocycles. The number of ether oxygens (including phenoxy) is 2. The van der Waals surface area contributed by atoms with Crippen LogP contribution in [0.15, 0.2) is 46.0 Å². The van der Waals surface area contributed by atoms with E-state index in [0.29, 0.717) is 18.0 Å². The number of halogens is 1. The molecule has 0 radical (unpaired) electrons. The van der Waals surface area contributed by atoms with Crippen LogP contribution < -0.4 is 20.1 Å². The molecule has 0 saturated carbocycles. The highest BCUT2D eigenvalue weighted by atomic mass is 79.9. The van der Waals surface area contributed by atoms with E-state index in [0.717, 1.165) is 34.7 Å². The minimum absolute atomic E-state index is 0.613. The Morgan fingerprint density at radius 3 is 2.68 bits per heavy atom. The molecular weight excluding hydrogens is 384 g/mol. The monoisotopic (exact) mass is 406 g/mol. The van der Waals surface area contributed by atoms with Crippen LogP contribution in [0.5, 0.6) is 11.5 Å². The first kappa shape index (κ1) is 19.1. The van der Waals surface area contributed by atoms with E-state index >= 15 is 0 Å². The number of aliphatic imine (C=N–C) groups is 1. The van der Waals surface area contributed by atoms with E-state index in [4.69, 9.17) is 9.47 Å². The van der Waals surface area contributed by atoms with Gasteiger partial charge in [0.05, 0.1) is 18.7 Å². The van der Waals surface area contributed by atoms with Crippen molar-refractivity contribution in [1.82, 2.24) is 15.6 Å². The Bertz CT molecular complexity index is 708. The molecule has 1 heterocycles. The summed E-state index contributed by atoms with van der Waals surface area (Å²) in [6, 6.07) is 9.86. The molecule has 7 heteroatoms. The molecule has 1 aromatic heterocycles. The summed E-state index contributed by atoms with van der Waals surface area (Å²) < 4.78 is 11.5. The molecule has 6 nitrogen and oxygen atoms in total. The van der Waals surface area contributed by atoms with Gasteiger partial charge in [-0.3, -0.25) is 9.98 Å². The van der Waals surface area contributed by atoms with Crippen molar-refractivity contribution >= 4 is 21.9 Å². The van der Waals surface area contributed by atoms with Gasteiger partial charge in [-0.15, -0.1) is 0 Å². The van der Waals surface area contributed by atoms with Crippen LogP contribution in [-0.2, 0) is 13.0 Å². The molecule has 0 spiro atoms. The first-order chi connectivity index (χ1) is 12.2. The Kier molecular flexibility index (Phi) is 7.53. The van der Waals surface area contributed by atoms with Crippen molar-refractivity contribution in [3.05, 3.63) is 52.3 Å². The number of methoxy groups -OCH3 is 2. The van der Waals surface area contributed by atoms with Crippen LogP contribution >= 0.6 is 15.9 Å². The molecule has 1 aromatic carbocycles. The van der Waals surface area contributed by atoms with E-state index in [1.54, 1.807) is 27.5 Å². The number of pyridine rings is 1. The second-order valence-corrected chi connectivity index (χ2v) is 6.09. The molecule has 2 aromatic rings. The normalized spacial score (nSPS) is 11.1. The highest BCUT2D eigenvalue weighted by molar-refractivity contribution is 9.10. The average Bonchev–Trinajstić information content (AvgIpc) is 2.64. The van der Waals surface area contributed by atoms with E-state index < -0.39 is 0 Å². The van der Waals surface area contributed by atoms with Gasteiger partial charge >= 0.3 is 0 Å². The predicted octanol–water partition coefficient (Wildman–Crippen LogP) is 2.77. The van der Waals surface area contributed by atoms with Crippen molar-refractivity contribution < 1.29 is 9.47 Å². The van der Waals surface area contributed by atoms with Gasteiger partial charge in [0.2, 0.25) is 0 Å². The SMILES string of the molecule is CN=C(NCCc1ccccn1)NCc1cc(Br)c(OC)c(OC)c1. The van der Waals surface area contributed by atoms with Crippen molar-refractivity contribution in [3.63, 3.8) is 0 Å². The summed E-state index contributed by atoms with van der Waals surface area (Å²) in [5, 5.41) is 6.57. The predicted molar refractivity (Wildman–Crippen MR) is 103 cm³/mol. The molecule has 0 amide bonds. The number of benzene rings is 1. The summed E-state index contributed by atoms with van der Waals surface area (Å²) in [6.07, 6.45) is 2.64. The van der Waals surface area contributed by atoms with Crippen molar-refractivity contribution in [2.45, 2.75) is 13.0 Å². The summed E-state index contributed by atoms with van der Waals surface area (Å²) in [5.41, 5.74) is 2.10. The Morgan fingerprint density at radius 2 is 2.04 bits per heavy atom. The van der Waals surface area contributed by atoms with Crippen LogP contribution in [-0.4, -0.2) is 38.8 Å². The highest BCUT2D eigenvalue weighted by Gasteiger charge is 2.10. The second-order valence-electron chi connectivity index (χ2n) is 5.24. The number of guanidine groups is 1. The lowest BCUT2D eigenvalue weighted by Gasteiger charge is -2.14. The van der Waals surface area contributed by atoms with Crippen LogP contribution in [0.25, 0.3) is 0 Å². The molecule has 0 aliphatic rings. The lowest BCUT2D eigenvalue weighted by molar-refractivity contribution is 0.352. The molecule has 2 N–H and O–H groups in total. The lowest BCUT2D eigenvalue weighted by atomic mass is 10.2. The maximum Gasteiger partial charge on any atom is 0.191 e. The number of hydrogen-bond donors (Lipinski definition) is 2. The van der Waals surface area contributed by atoms with Gasteiger partial charge in [0.1, 0.15) is 0 Å². The van der Waals surface area contributed by atoms with Crippen LogP contribution in [0.2, 0.25) is 0 Å². The highest BCUT2D eigenvalue weighted by Crippen LogP contribution is 2.36. The molecule has 134 valence electrons. The van der Waals surface area contributed by atoms with Gasteiger partial charge in [-0.25, -0.2) is 0 Å². The van der Waals surface area contributed by atoms with E-state index in [1.165, 1.54) is 0 Å². The molecule has 0 unspecified atom stereocenters. The summed E-state index contributed by atoms with van der Waals surface area (Å²) in [7, 11) is 4.99. The van der Waals surface area contributed by atoms with Gasteiger partial charge in [0.25, 0.3) is 0 Å². The fourth-order valence-electron chi connectivity index (χ4n) is 2.33. The molecule has 0 saturated heterocycles. The molecule has 2 rings (SSSR count). The molecule has 0 atom stereocenters. The molecule has 0 bridgehead atoms. The molecular formula is C18H23BrN4O2. The zero-order chi connectivity index (χ0) is 18.1. The third-order valence-electron chi connectivity index (χ3n) is 3.58.